The summed E-state index contributed by atoms with van der Waals surface area (Å²) in [7, 11) is 1.59. The van der Waals surface area contributed by atoms with Gasteiger partial charge in [0.05, 0.1) is 17.2 Å². The first kappa shape index (κ1) is 17.3. The Morgan fingerprint density at radius 2 is 2.29 bits per heavy atom. The lowest BCUT2D eigenvalue weighted by Gasteiger charge is -2.07. The molecule has 7 nitrogen and oxygen atoms in total. The molecule has 0 amide bonds. The minimum absolute atomic E-state index is 0.0845. The highest BCUT2D eigenvalue weighted by atomic mass is 35.5. The van der Waals surface area contributed by atoms with Gasteiger partial charge in [0.2, 0.25) is 0 Å². The molecule has 0 saturated heterocycles. The molecule has 0 aliphatic rings. The van der Waals surface area contributed by atoms with Crippen molar-refractivity contribution in [1.29, 1.82) is 0 Å². The summed E-state index contributed by atoms with van der Waals surface area (Å²) in [4.78, 5) is 10.3. The molecule has 0 saturated carbocycles. The molecule has 1 aromatic carbocycles. The number of benzene rings is 1. The fourth-order valence-corrected chi connectivity index (χ4v) is 1.72. The Balaban J connectivity index is 2.72. The number of methoxy groups -OCH3 is 1. The molecule has 0 fully saturated rings. The number of hydrazone groups is 1. The Morgan fingerprint density at radius 1 is 1.57 bits per heavy atom. The average molecular weight is 331 g/mol. The molecule has 0 bridgehead atoms. The van der Waals surface area contributed by atoms with E-state index >= 15 is 0 Å². The summed E-state index contributed by atoms with van der Waals surface area (Å²) in [6.07, 6.45) is 0. The molecule has 0 spiro atoms. The summed E-state index contributed by atoms with van der Waals surface area (Å²) < 4.78 is 4.87. The van der Waals surface area contributed by atoms with E-state index in [9.17, 15) is 10.1 Å². The van der Waals surface area contributed by atoms with E-state index in [1.54, 1.807) is 20.1 Å². The molecule has 0 aromatic heterocycles. The van der Waals surface area contributed by atoms with E-state index in [0.29, 0.717) is 29.5 Å². The second-order valence-corrected chi connectivity index (χ2v) is 4.80. The molecule has 0 aliphatic heterocycles. The Morgan fingerprint density at radius 3 is 2.90 bits per heavy atom. The normalized spacial score (nSPS) is 11.1. The van der Waals surface area contributed by atoms with Gasteiger partial charge in [0, 0.05) is 25.3 Å². The van der Waals surface area contributed by atoms with Crippen molar-refractivity contribution in [2.75, 3.05) is 20.3 Å². The molecule has 9 heteroatoms. The third-order valence-electron chi connectivity index (χ3n) is 2.48. The van der Waals surface area contributed by atoms with Crippen LogP contribution in [0, 0.1) is 10.1 Å². The predicted molar refractivity (Wildman–Crippen MR) is 85.9 cm³/mol. The van der Waals surface area contributed by atoms with Crippen LogP contribution in [0.15, 0.2) is 23.3 Å². The molecule has 21 heavy (non-hydrogen) atoms. The zero-order chi connectivity index (χ0) is 15.8. The summed E-state index contributed by atoms with van der Waals surface area (Å²) in [6.45, 7) is 2.79. The van der Waals surface area contributed by atoms with Crippen molar-refractivity contribution in [1.82, 2.24) is 10.7 Å². The molecule has 0 radical (unpaired) electrons. The Kier molecular flexibility index (Phi) is 7.00. The molecule has 114 valence electrons. The van der Waals surface area contributed by atoms with Crippen LogP contribution in [-0.4, -0.2) is 36.0 Å². The number of halogens is 1. The zero-order valence-corrected chi connectivity index (χ0v) is 13.1. The van der Waals surface area contributed by atoms with Crippen molar-refractivity contribution in [2.45, 2.75) is 6.92 Å². The van der Waals surface area contributed by atoms with Gasteiger partial charge in [-0.1, -0.05) is 17.7 Å². The molecule has 0 heterocycles. The van der Waals surface area contributed by atoms with E-state index in [1.165, 1.54) is 12.1 Å². The number of nitrogens with one attached hydrogen (secondary N) is 2. The average Bonchev–Trinajstić information content (AvgIpc) is 2.45. The fraction of sp³-hybridized carbons (Fsp3) is 0.333. The Labute approximate surface area is 132 Å². The maximum absolute atomic E-state index is 10.8. The maximum Gasteiger partial charge on any atom is 0.288 e. The quantitative estimate of drug-likeness (QED) is 0.273. The molecule has 1 rings (SSSR count). The van der Waals surface area contributed by atoms with Crippen LogP contribution in [0.5, 0.6) is 0 Å². The van der Waals surface area contributed by atoms with Gasteiger partial charge in [-0.05, 0) is 25.2 Å². The Bertz CT molecular complexity index is 565. The number of thiocarbonyl (C=S) groups is 1. The van der Waals surface area contributed by atoms with Crippen molar-refractivity contribution in [2.24, 2.45) is 5.10 Å². The Hall–Kier alpha value is -1.77. The summed E-state index contributed by atoms with van der Waals surface area (Å²) in [6, 6.07) is 4.48. The van der Waals surface area contributed by atoms with Crippen LogP contribution in [0.25, 0.3) is 0 Å². The highest BCUT2D eigenvalue weighted by Crippen LogP contribution is 2.25. The number of hydrogen-bond acceptors (Lipinski definition) is 5. The van der Waals surface area contributed by atoms with Gasteiger partial charge in [-0.25, -0.2) is 0 Å². The van der Waals surface area contributed by atoms with E-state index in [1.807, 2.05) is 0 Å². The molecule has 1 aromatic rings. The fourth-order valence-electron chi connectivity index (χ4n) is 1.38. The molecule has 0 unspecified atom stereocenters. The van der Waals surface area contributed by atoms with Crippen LogP contribution in [0.4, 0.5) is 5.69 Å². The third kappa shape index (κ3) is 5.62. The second kappa shape index (κ2) is 8.50. The summed E-state index contributed by atoms with van der Waals surface area (Å²) >= 11 is 10.8. The minimum Gasteiger partial charge on any atom is -0.383 e. The van der Waals surface area contributed by atoms with Gasteiger partial charge in [0.1, 0.15) is 5.02 Å². The van der Waals surface area contributed by atoms with Crippen LogP contribution < -0.4 is 10.7 Å². The molecular formula is C12H15ClN4O3S. The van der Waals surface area contributed by atoms with Crippen LogP contribution >= 0.6 is 23.8 Å². The minimum atomic E-state index is -0.538. The molecule has 2 N–H and O–H groups in total. The van der Waals surface area contributed by atoms with Gasteiger partial charge in [-0.15, -0.1) is 0 Å². The van der Waals surface area contributed by atoms with Gasteiger partial charge >= 0.3 is 0 Å². The monoisotopic (exact) mass is 330 g/mol. The number of ether oxygens (including phenoxy) is 1. The van der Waals surface area contributed by atoms with Crippen molar-refractivity contribution < 1.29 is 9.66 Å². The summed E-state index contributed by atoms with van der Waals surface area (Å²) in [5.74, 6) is 0. The third-order valence-corrected chi connectivity index (χ3v) is 3.03. The number of nitro groups is 1. The first-order chi connectivity index (χ1) is 9.95. The second-order valence-electron chi connectivity index (χ2n) is 3.98. The van der Waals surface area contributed by atoms with Crippen molar-refractivity contribution in [3.05, 3.63) is 38.9 Å². The first-order valence-corrected chi connectivity index (χ1v) is 6.75. The number of rotatable bonds is 6. The van der Waals surface area contributed by atoms with Crippen LogP contribution in [-0.2, 0) is 4.74 Å². The van der Waals surface area contributed by atoms with Crippen molar-refractivity contribution >= 4 is 40.3 Å². The molecular weight excluding hydrogens is 316 g/mol. The summed E-state index contributed by atoms with van der Waals surface area (Å²) in [5, 5.41) is 18.2. The van der Waals surface area contributed by atoms with E-state index in [-0.39, 0.29) is 10.7 Å². The molecule has 0 aliphatic carbocycles. The lowest BCUT2D eigenvalue weighted by atomic mass is 10.1. The number of hydrogen-bond donors (Lipinski definition) is 2. The largest absolute Gasteiger partial charge is 0.383 e. The summed E-state index contributed by atoms with van der Waals surface area (Å²) in [5.41, 5.74) is 3.62. The van der Waals surface area contributed by atoms with Gasteiger partial charge in [0.15, 0.2) is 5.11 Å². The van der Waals surface area contributed by atoms with E-state index in [2.05, 4.69) is 15.8 Å². The first-order valence-electron chi connectivity index (χ1n) is 5.97. The lowest BCUT2D eigenvalue weighted by molar-refractivity contribution is -0.384. The van der Waals surface area contributed by atoms with Gasteiger partial charge in [-0.2, -0.15) is 5.10 Å². The lowest BCUT2D eigenvalue weighted by Crippen LogP contribution is -2.34. The maximum atomic E-state index is 10.8. The topological polar surface area (TPSA) is 88.8 Å². The van der Waals surface area contributed by atoms with Crippen LogP contribution in [0.3, 0.4) is 0 Å². The number of nitrogens with zero attached hydrogens (tertiary/aromatic N) is 2. The van der Waals surface area contributed by atoms with Gasteiger partial charge < -0.3 is 10.1 Å². The zero-order valence-electron chi connectivity index (χ0n) is 11.6. The van der Waals surface area contributed by atoms with Crippen LogP contribution in [0.2, 0.25) is 5.02 Å². The highest BCUT2D eigenvalue weighted by molar-refractivity contribution is 7.80. The highest BCUT2D eigenvalue weighted by Gasteiger charge is 2.13. The predicted octanol–water partition coefficient (Wildman–Crippen LogP) is 2.08. The smallest absolute Gasteiger partial charge is 0.288 e. The van der Waals surface area contributed by atoms with Crippen molar-refractivity contribution in [3.8, 4) is 0 Å². The van der Waals surface area contributed by atoms with Crippen LogP contribution in [0.1, 0.15) is 12.5 Å². The van der Waals surface area contributed by atoms with E-state index < -0.39 is 4.92 Å². The molecule has 0 atom stereocenters. The van der Waals surface area contributed by atoms with E-state index in [4.69, 9.17) is 28.6 Å². The number of nitro benzene ring substituents is 1. The van der Waals surface area contributed by atoms with Gasteiger partial charge in [0.25, 0.3) is 5.69 Å². The van der Waals surface area contributed by atoms with Crippen molar-refractivity contribution in [3.63, 3.8) is 0 Å². The van der Waals surface area contributed by atoms with E-state index in [0.717, 1.165) is 0 Å². The SMILES string of the molecule is COCCNC(=S)N/N=C(\C)c1ccc(Cl)c([N+](=O)[O-])c1. The standard InChI is InChI=1S/C12H15ClN4O3S/c1-8(15-16-12(21)14-5-6-20-2)9-3-4-10(13)11(7-9)17(18)19/h3-4,7H,5-6H2,1-2H3,(H2,14,16,21)/b15-8+. The van der Waals surface area contributed by atoms with Gasteiger partial charge in [-0.3, -0.25) is 15.5 Å².